The third-order valence-electron chi connectivity index (χ3n) is 19.1. The van der Waals surface area contributed by atoms with Crippen LogP contribution in [0.25, 0.3) is 98.4 Å². The van der Waals surface area contributed by atoms with Crippen molar-refractivity contribution in [2.24, 2.45) is 5.41 Å². The quantitative estimate of drug-likeness (QED) is 0.155. The van der Waals surface area contributed by atoms with Gasteiger partial charge in [-0.1, -0.05) is 211 Å². The van der Waals surface area contributed by atoms with Crippen molar-refractivity contribution in [1.82, 2.24) is 0 Å². The second kappa shape index (κ2) is 18.1. The number of fused-ring (bicyclic) bond motifs is 22. The summed E-state index contributed by atoms with van der Waals surface area (Å²) in [6.07, 6.45) is 6.61. The van der Waals surface area contributed by atoms with E-state index >= 15 is 0 Å². The zero-order valence-electron chi connectivity index (χ0n) is 48.7. The largest absolute Gasteiger partial charge is 0.454 e. The predicted molar refractivity (Wildman–Crippen MR) is 357 cm³/mol. The number of furan rings is 2. The van der Waals surface area contributed by atoms with Crippen LogP contribution in [-0.4, -0.2) is 0 Å². The van der Waals surface area contributed by atoms with E-state index in [0.29, 0.717) is 0 Å². The summed E-state index contributed by atoms with van der Waals surface area (Å²) in [5.41, 5.74) is 22.0. The standard InChI is InChI=1S/C81H62N2O2/c1-79(2,3)49-33-37-51(38-34-49)82(73-29-17-26-64-62-24-12-15-31-75(62)84-77(64)73)53-41-43-60-61-44-42-54(83(52-39-35-50(36-40-52)80(4,5)6)74-30-18-27-65-63-25-13-16-32-76(63)85-78(65)74)46-71(61)81(70(60)45-53)69-28-14-11-23-59(69)68-47-66-57-21-9-7-19-55(57)56-20-8-10-22-58(56)67(66)48-72(68)81/h7-35,37-39,41-48H,36,40H2,1-6H3. The fourth-order valence-electron chi connectivity index (χ4n) is 15.1. The highest BCUT2D eigenvalue weighted by Gasteiger charge is 2.52. The second-order valence-electron chi connectivity index (χ2n) is 25.9. The summed E-state index contributed by atoms with van der Waals surface area (Å²) in [5, 5.41) is 12.0. The van der Waals surface area contributed by atoms with Gasteiger partial charge in [0.15, 0.2) is 11.2 Å². The number of hydrogen-bond acceptors (Lipinski definition) is 4. The van der Waals surface area contributed by atoms with Gasteiger partial charge in [-0.05, 0) is 185 Å². The lowest BCUT2D eigenvalue weighted by molar-refractivity contribution is 0.479. The molecule has 12 aromatic carbocycles. The van der Waals surface area contributed by atoms with Gasteiger partial charge in [-0.15, -0.1) is 0 Å². The van der Waals surface area contributed by atoms with Crippen LogP contribution >= 0.6 is 0 Å². The molecule has 1 unspecified atom stereocenters. The predicted octanol–water partition coefficient (Wildman–Crippen LogP) is 22.8. The molecule has 3 aliphatic rings. The molecule has 408 valence electrons. The van der Waals surface area contributed by atoms with Crippen LogP contribution in [0, 0.1) is 5.41 Å². The van der Waals surface area contributed by atoms with Crippen molar-refractivity contribution in [3.63, 3.8) is 0 Å². The Labute approximate surface area is 495 Å². The van der Waals surface area contributed by atoms with Crippen molar-refractivity contribution < 1.29 is 8.83 Å². The lowest BCUT2D eigenvalue weighted by Gasteiger charge is -2.35. The first kappa shape index (κ1) is 49.7. The summed E-state index contributed by atoms with van der Waals surface area (Å²) in [6, 6.07) is 86.4. The van der Waals surface area contributed by atoms with E-state index in [9.17, 15) is 0 Å². The van der Waals surface area contributed by atoms with Crippen LogP contribution in [0.15, 0.2) is 263 Å². The third kappa shape index (κ3) is 7.21. The van der Waals surface area contributed by atoms with Gasteiger partial charge in [0.2, 0.25) is 0 Å². The van der Waals surface area contributed by atoms with Crippen LogP contribution < -0.4 is 9.80 Å². The highest BCUT2D eigenvalue weighted by Crippen LogP contribution is 2.65. The number of benzene rings is 12. The Kier molecular flexibility index (Phi) is 10.6. The Bertz CT molecular complexity index is 5230. The van der Waals surface area contributed by atoms with E-state index in [1.165, 1.54) is 93.7 Å². The minimum atomic E-state index is -0.756. The molecule has 14 aromatic rings. The normalized spacial score (nSPS) is 15.5. The number of allylic oxidation sites excluding steroid dienone is 4. The average Bonchev–Trinajstić information content (AvgIpc) is 1.52. The number of rotatable bonds is 6. The van der Waals surface area contributed by atoms with Crippen LogP contribution in [0.3, 0.4) is 0 Å². The van der Waals surface area contributed by atoms with E-state index in [-0.39, 0.29) is 10.8 Å². The molecule has 0 N–H and O–H groups in total. The Morgan fingerprint density at radius 2 is 0.788 bits per heavy atom. The summed E-state index contributed by atoms with van der Waals surface area (Å²) in [6.45, 7) is 13.9. The summed E-state index contributed by atoms with van der Waals surface area (Å²) in [4.78, 5) is 4.95. The molecule has 0 fully saturated rings. The van der Waals surface area contributed by atoms with Crippen molar-refractivity contribution in [2.45, 2.75) is 65.2 Å². The minimum absolute atomic E-state index is 0.0223. The summed E-state index contributed by atoms with van der Waals surface area (Å²) in [7, 11) is 0. The van der Waals surface area contributed by atoms with E-state index in [4.69, 9.17) is 8.83 Å². The topological polar surface area (TPSA) is 32.8 Å². The van der Waals surface area contributed by atoms with Gasteiger partial charge in [-0.3, -0.25) is 0 Å². The number of anilines is 5. The van der Waals surface area contributed by atoms with E-state index < -0.39 is 5.41 Å². The SMILES string of the molecule is CC(C)(C)C1=CC=C(N(c2ccc3c(c2)C2(c4ccccc4-c4cc5c6ccccc6c6ccccc6c5cc42)c2cc(N(c4ccc(C(C)(C)C)cc4)c4cccc5c4oc4ccccc45)ccc2-3)c2cccc3c2oc2ccccc23)CC1. The van der Waals surface area contributed by atoms with Crippen molar-refractivity contribution in [3.05, 3.63) is 282 Å². The Morgan fingerprint density at radius 3 is 1.34 bits per heavy atom. The Balaban J connectivity index is 0.972. The molecular formula is C81H62N2O2. The van der Waals surface area contributed by atoms with Gasteiger partial charge in [0, 0.05) is 44.3 Å². The zero-order chi connectivity index (χ0) is 57.1. The van der Waals surface area contributed by atoms with Gasteiger partial charge in [0.25, 0.3) is 0 Å². The maximum Gasteiger partial charge on any atom is 0.159 e. The fraction of sp³-hybridized carbons (Fsp3) is 0.136. The summed E-state index contributed by atoms with van der Waals surface area (Å²) < 4.78 is 13.9. The average molecular weight is 1100 g/mol. The van der Waals surface area contributed by atoms with E-state index in [1.807, 2.05) is 0 Å². The Morgan fingerprint density at radius 1 is 0.329 bits per heavy atom. The Hall–Kier alpha value is -9.90. The molecule has 0 radical (unpaired) electrons. The fourth-order valence-corrected chi connectivity index (χ4v) is 15.1. The van der Waals surface area contributed by atoms with Gasteiger partial charge in [-0.2, -0.15) is 0 Å². The molecule has 2 aromatic heterocycles. The van der Waals surface area contributed by atoms with Crippen molar-refractivity contribution in [1.29, 1.82) is 0 Å². The molecule has 17 rings (SSSR count). The smallest absolute Gasteiger partial charge is 0.159 e. The number of nitrogens with zero attached hydrogens (tertiary/aromatic N) is 2. The third-order valence-corrected chi connectivity index (χ3v) is 19.1. The lowest BCUT2D eigenvalue weighted by Crippen LogP contribution is -2.27. The molecule has 0 saturated carbocycles. The van der Waals surface area contributed by atoms with Crippen molar-refractivity contribution in [2.75, 3.05) is 9.80 Å². The van der Waals surface area contributed by atoms with Gasteiger partial charge < -0.3 is 18.6 Å². The first-order valence-corrected chi connectivity index (χ1v) is 30.1. The lowest BCUT2D eigenvalue weighted by atomic mass is 9.70. The number of hydrogen-bond donors (Lipinski definition) is 0. The second-order valence-corrected chi connectivity index (χ2v) is 25.9. The minimum Gasteiger partial charge on any atom is -0.454 e. The van der Waals surface area contributed by atoms with Gasteiger partial charge in [-0.25, -0.2) is 0 Å². The molecule has 0 aliphatic heterocycles. The van der Waals surface area contributed by atoms with Gasteiger partial charge in [0.05, 0.1) is 16.8 Å². The maximum absolute atomic E-state index is 6.97. The summed E-state index contributed by atoms with van der Waals surface area (Å²) in [5.74, 6) is 0. The molecule has 4 nitrogen and oxygen atoms in total. The molecule has 0 amide bonds. The van der Waals surface area contributed by atoms with Gasteiger partial charge >= 0.3 is 0 Å². The van der Waals surface area contributed by atoms with Crippen LogP contribution in [0.4, 0.5) is 28.4 Å². The molecule has 0 bridgehead atoms. The maximum atomic E-state index is 6.97. The molecule has 4 heteroatoms. The highest BCUT2D eigenvalue weighted by molar-refractivity contribution is 6.26. The zero-order valence-corrected chi connectivity index (χ0v) is 48.7. The number of para-hydroxylation sites is 4. The van der Waals surface area contributed by atoms with E-state index in [2.05, 4.69) is 294 Å². The molecular weight excluding hydrogens is 1030 g/mol. The van der Waals surface area contributed by atoms with Crippen LogP contribution in [0.5, 0.6) is 0 Å². The first-order chi connectivity index (χ1) is 41.4. The molecule has 2 heterocycles. The summed E-state index contributed by atoms with van der Waals surface area (Å²) >= 11 is 0. The monoisotopic (exact) mass is 1090 g/mol. The van der Waals surface area contributed by atoms with E-state index in [1.54, 1.807) is 0 Å². The van der Waals surface area contributed by atoms with Crippen molar-refractivity contribution in [3.8, 4) is 22.3 Å². The molecule has 3 aliphatic carbocycles. The van der Waals surface area contributed by atoms with Crippen LogP contribution in [-0.2, 0) is 10.8 Å². The highest BCUT2D eigenvalue weighted by atomic mass is 16.3. The molecule has 1 atom stereocenters. The van der Waals surface area contributed by atoms with E-state index in [0.717, 1.165) is 85.2 Å². The van der Waals surface area contributed by atoms with Crippen LogP contribution in [0.2, 0.25) is 0 Å². The van der Waals surface area contributed by atoms with Crippen LogP contribution in [0.1, 0.15) is 82.2 Å². The molecule has 0 saturated heterocycles. The first-order valence-electron chi connectivity index (χ1n) is 30.1. The van der Waals surface area contributed by atoms with Crippen molar-refractivity contribution >= 4 is 105 Å². The molecule has 1 spiro atoms. The molecule has 85 heavy (non-hydrogen) atoms. The van der Waals surface area contributed by atoms with Gasteiger partial charge in [0.1, 0.15) is 11.2 Å².